The van der Waals surface area contributed by atoms with Gasteiger partial charge < -0.3 is 10.5 Å². The Morgan fingerprint density at radius 3 is 2.68 bits per heavy atom. The first kappa shape index (κ1) is 14.0. The van der Waals surface area contributed by atoms with E-state index in [-0.39, 0.29) is 9.90 Å². The molecule has 0 aliphatic carbocycles. The molecule has 0 saturated heterocycles. The molecular weight excluding hydrogens is 308 g/mol. The predicted octanol–water partition coefficient (Wildman–Crippen LogP) is 2.79. The van der Waals surface area contributed by atoms with Gasteiger partial charge in [-0.05, 0) is 24.3 Å². The fourth-order valence-electron chi connectivity index (χ4n) is 1.43. The minimum atomic E-state index is -3.69. The van der Waals surface area contributed by atoms with Gasteiger partial charge in [0.25, 0.3) is 10.0 Å². The molecule has 0 aliphatic heterocycles. The van der Waals surface area contributed by atoms with Gasteiger partial charge in [-0.3, -0.25) is 4.72 Å². The van der Waals surface area contributed by atoms with Crippen LogP contribution in [0.5, 0.6) is 5.75 Å². The summed E-state index contributed by atoms with van der Waals surface area (Å²) in [6, 6.07) is 6.07. The summed E-state index contributed by atoms with van der Waals surface area (Å²) in [7, 11) is -2.24. The van der Waals surface area contributed by atoms with E-state index in [1.54, 1.807) is 17.5 Å². The van der Waals surface area contributed by atoms with E-state index in [0.717, 1.165) is 11.3 Å². The maximum absolute atomic E-state index is 12.1. The molecule has 0 unspecified atom stereocenters. The van der Waals surface area contributed by atoms with Crippen molar-refractivity contribution < 1.29 is 13.2 Å². The number of methoxy groups -OCH3 is 1. The van der Waals surface area contributed by atoms with Gasteiger partial charge in [-0.25, -0.2) is 8.42 Å². The summed E-state index contributed by atoms with van der Waals surface area (Å²) in [6.07, 6.45) is 0. The van der Waals surface area contributed by atoms with Crippen LogP contribution in [0.4, 0.5) is 11.4 Å². The largest absolute Gasteiger partial charge is 0.495 e. The molecule has 3 N–H and O–H groups in total. The van der Waals surface area contributed by atoms with Gasteiger partial charge in [-0.1, -0.05) is 11.6 Å². The van der Waals surface area contributed by atoms with Crippen LogP contribution in [0.15, 0.2) is 33.9 Å². The topological polar surface area (TPSA) is 81.4 Å². The van der Waals surface area contributed by atoms with Crippen molar-refractivity contribution in [1.82, 2.24) is 0 Å². The fourth-order valence-corrected chi connectivity index (χ4v) is 3.74. The lowest BCUT2D eigenvalue weighted by atomic mass is 10.3. The van der Waals surface area contributed by atoms with Crippen molar-refractivity contribution in [2.75, 3.05) is 17.6 Å². The lowest BCUT2D eigenvalue weighted by Crippen LogP contribution is -2.12. The van der Waals surface area contributed by atoms with Crippen molar-refractivity contribution in [1.29, 1.82) is 0 Å². The summed E-state index contributed by atoms with van der Waals surface area (Å²) in [5, 5.41) is 1.97. The Balaban J connectivity index is 2.38. The summed E-state index contributed by atoms with van der Waals surface area (Å²) >= 11 is 6.89. The molecule has 0 fully saturated rings. The Morgan fingerprint density at radius 2 is 2.11 bits per heavy atom. The number of ether oxygens (including phenoxy) is 1. The second kappa shape index (κ2) is 5.28. The number of hydrogen-bond acceptors (Lipinski definition) is 5. The van der Waals surface area contributed by atoms with E-state index in [1.165, 1.54) is 19.2 Å². The highest BCUT2D eigenvalue weighted by Crippen LogP contribution is 2.31. The molecule has 0 radical (unpaired) electrons. The molecular formula is C11H11ClN2O3S2. The summed E-state index contributed by atoms with van der Waals surface area (Å²) in [5.74, 6) is 0.387. The van der Waals surface area contributed by atoms with Crippen LogP contribution in [0.25, 0.3) is 0 Å². The van der Waals surface area contributed by atoms with Crippen LogP contribution in [0, 0.1) is 0 Å². The van der Waals surface area contributed by atoms with Gasteiger partial charge in [0.05, 0.1) is 12.8 Å². The third kappa shape index (κ3) is 3.12. The zero-order valence-corrected chi connectivity index (χ0v) is 12.3. The number of nitrogen functional groups attached to an aromatic ring is 1. The number of anilines is 2. The van der Waals surface area contributed by atoms with Crippen LogP contribution in [-0.4, -0.2) is 15.5 Å². The van der Waals surface area contributed by atoms with Crippen molar-refractivity contribution in [3.8, 4) is 5.75 Å². The first-order valence-corrected chi connectivity index (χ1v) is 7.87. The van der Waals surface area contributed by atoms with Crippen molar-refractivity contribution in [3.63, 3.8) is 0 Å². The quantitative estimate of drug-likeness (QED) is 0.908. The van der Waals surface area contributed by atoms with Crippen LogP contribution in [0.3, 0.4) is 0 Å². The van der Waals surface area contributed by atoms with Gasteiger partial charge in [0.2, 0.25) is 0 Å². The van der Waals surface area contributed by atoms with Crippen LogP contribution in [0.1, 0.15) is 0 Å². The highest BCUT2D eigenvalue weighted by molar-refractivity contribution is 7.94. The number of nitrogens with two attached hydrogens (primary N) is 1. The summed E-state index contributed by atoms with van der Waals surface area (Å²) in [5.41, 5.74) is 6.21. The number of rotatable bonds is 4. The zero-order valence-electron chi connectivity index (χ0n) is 9.88. The van der Waals surface area contributed by atoms with Crippen molar-refractivity contribution in [2.45, 2.75) is 4.21 Å². The zero-order chi connectivity index (χ0) is 14.0. The lowest BCUT2D eigenvalue weighted by Gasteiger charge is -2.11. The Kier molecular flexibility index (Phi) is 3.88. The van der Waals surface area contributed by atoms with E-state index in [4.69, 9.17) is 22.1 Å². The first-order chi connectivity index (χ1) is 8.92. The van der Waals surface area contributed by atoms with E-state index in [9.17, 15) is 8.42 Å². The average molecular weight is 319 g/mol. The van der Waals surface area contributed by atoms with Crippen molar-refractivity contribution in [3.05, 3.63) is 34.7 Å². The number of benzene rings is 1. The molecule has 0 amide bonds. The molecule has 5 nitrogen and oxygen atoms in total. The number of thiophene rings is 1. The first-order valence-electron chi connectivity index (χ1n) is 5.13. The average Bonchev–Trinajstić information content (AvgIpc) is 2.76. The highest BCUT2D eigenvalue weighted by atomic mass is 35.5. The number of sulfonamides is 1. The van der Waals surface area contributed by atoms with E-state index in [0.29, 0.717) is 16.5 Å². The molecule has 1 heterocycles. The monoisotopic (exact) mass is 318 g/mol. The van der Waals surface area contributed by atoms with Gasteiger partial charge in [-0.15, -0.1) is 11.3 Å². The highest BCUT2D eigenvalue weighted by Gasteiger charge is 2.18. The van der Waals surface area contributed by atoms with Crippen molar-refractivity contribution in [2.24, 2.45) is 0 Å². The molecule has 2 rings (SSSR count). The summed E-state index contributed by atoms with van der Waals surface area (Å²) in [6.45, 7) is 0. The smallest absolute Gasteiger partial charge is 0.271 e. The van der Waals surface area contributed by atoms with E-state index in [1.807, 2.05) is 0 Å². The number of nitrogens with one attached hydrogen (secondary N) is 1. The minimum absolute atomic E-state index is 0.132. The molecule has 0 aliphatic rings. The van der Waals surface area contributed by atoms with E-state index in [2.05, 4.69) is 4.72 Å². The van der Waals surface area contributed by atoms with Gasteiger partial charge in [0, 0.05) is 16.1 Å². The number of halogens is 1. The Bertz CT molecular complexity index is 698. The van der Waals surface area contributed by atoms with Crippen LogP contribution in [0.2, 0.25) is 5.02 Å². The van der Waals surface area contributed by atoms with E-state index >= 15 is 0 Å². The van der Waals surface area contributed by atoms with Crippen LogP contribution >= 0.6 is 22.9 Å². The maximum atomic E-state index is 12.1. The van der Waals surface area contributed by atoms with E-state index < -0.39 is 10.0 Å². The van der Waals surface area contributed by atoms with Crippen molar-refractivity contribution >= 4 is 44.3 Å². The van der Waals surface area contributed by atoms with Crippen LogP contribution < -0.4 is 15.2 Å². The fraction of sp³-hybridized carbons (Fsp3) is 0.0909. The Hall–Kier alpha value is -1.44. The minimum Gasteiger partial charge on any atom is -0.495 e. The molecule has 0 saturated carbocycles. The molecule has 19 heavy (non-hydrogen) atoms. The number of hydrogen-bond donors (Lipinski definition) is 2. The third-order valence-electron chi connectivity index (χ3n) is 2.27. The van der Waals surface area contributed by atoms with Gasteiger partial charge in [-0.2, -0.15) is 0 Å². The molecule has 0 bridgehead atoms. The van der Waals surface area contributed by atoms with Gasteiger partial charge in [0.1, 0.15) is 9.96 Å². The van der Waals surface area contributed by atoms with Crippen LogP contribution in [-0.2, 0) is 10.0 Å². The van der Waals surface area contributed by atoms with Gasteiger partial charge in [0.15, 0.2) is 0 Å². The molecule has 1 aromatic carbocycles. The standard InChI is InChI=1S/C11H11ClN2O3S2/c1-17-10-3-2-7(12)4-9(10)14-19(15,16)11-5-8(13)6-18-11/h2-6,14H,13H2,1H3. The molecule has 1 aromatic heterocycles. The molecule has 102 valence electrons. The second-order valence-electron chi connectivity index (χ2n) is 3.65. The lowest BCUT2D eigenvalue weighted by molar-refractivity contribution is 0.417. The predicted molar refractivity (Wildman–Crippen MR) is 77.5 cm³/mol. The Morgan fingerprint density at radius 1 is 1.37 bits per heavy atom. The van der Waals surface area contributed by atoms with Gasteiger partial charge >= 0.3 is 0 Å². The summed E-state index contributed by atoms with van der Waals surface area (Å²) < 4.78 is 31.9. The molecule has 2 aromatic rings. The maximum Gasteiger partial charge on any atom is 0.271 e. The molecule has 8 heteroatoms. The normalized spacial score (nSPS) is 11.3. The second-order valence-corrected chi connectivity index (χ2v) is 6.91. The third-order valence-corrected chi connectivity index (χ3v) is 5.32. The molecule has 0 atom stereocenters. The summed E-state index contributed by atoms with van der Waals surface area (Å²) in [4.78, 5) is 0. The SMILES string of the molecule is COc1ccc(Cl)cc1NS(=O)(=O)c1cc(N)cs1. The molecule has 0 spiro atoms. The Labute approximate surface area is 120 Å².